The smallest absolute Gasteiger partial charge is 0.231 e. The molecule has 0 saturated carbocycles. The molecule has 4 nitrogen and oxygen atoms in total. The van der Waals surface area contributed by atoms with Gasteiger partial charge in [0.2, 0.25) is 6.79 Å². The van der Waals surface area contributed by atoms with Crippen molar-refractivity contribution in [1.82, 2.24) is 0 Å². The summed E-state index contributed by atoms with van der Waals surface area (Å²) in [4.78, 5) is 0. The first-order chi connectivity index (χ1) is 8.70. The summed E-state index contributed by atoms with van der Waals surface area (Å²) in [6, 6.07) is 3.76. The Hall–Kier alpha value is -1.07. The van der Waals surface area contributed by atoms with Crippen LogP contribution in [0.2, 0.25) is 0 Å². The summed E-state index contributed by atoms with van der Waals surface area (Å²) in [7, 11) is 0. The van der Waals surface area contributed by atoms with Gasteiger partial charge in [-0.05, 0) is 11.3 Å². The van der Waals surface area contributed by atoms with Crippen molar-refractivity contribution in [2.24, 2.45) is 5.73 Å². The summed E-state index contributed by atoms with van der Waals surface area (Å²) >= 11 is 1.88. The maximum atomic E-state index is 5.77. The number of ether oxygens (including phenoxy) is 3. The van der Waals surface area contributed by atoms with Crippen molar-refractivity contribution in [3.8, 4) is 17.2 Å². The van der Waals surface area contributed by atoms with E-state index in [0.717, 1.165) is 28.6 Å². The highest BCUT2D eigenvalue weighted by molar-refractivity contribution is 7.99. The molecule has 0 amide bonds. The minimum Gasteiger partial charge on any atom is -0.492 e. The van der Waals surface area contributed by atoms with E-state index in [0.29, 0.717) is 18.4 Å². The maximum absolute atomic E-state index is 5.77. The Morgan fingerprint density at radius 1 is 1.33 bits per heavy atom. The largest absolute Gasteiger partial charge is 0.492 e. The second kappa shape index (κ2) is 6.20. The molecule has 0 saturated heterocycles. The summed E-state index contributed by atoms with van der Waals surface area (Å²) in [5.74, 6) is 3.25. The van der Waals surface area contributed by atoms with Gasteiger partial charge in [-0.15, -0.1) is 0 Å². The van der Waals surface area contributed by atoms with E-state index in [9.17, 15) is 0 Å². The van der Waals surface area contributed by atoms with Gasteiger partial charge < -0.3 is 19.9 Å². The molecule has 0 radical (unpaired) electrons. The van der Waals surface area contributed by atoms with Crippen LogP contribution in [0.3, 0.4) is 0 Å². The van der Waals surface area contributed by atoms with E-state index in [2.05, 4.69) is 13.8 Å². The lowest BCUT2D eigenvalue weighted by Crippen LogP contribution is -2.06. The fourth-order valence-electron chi connectivity index (χ4n) is 1.69. The van der Waals surface area contributed by atoms with Crippen LogP contribution in [0.5, 0.6) is 17.2 Å². The summed E-state index contributed by atoms with van der Waals surface area (Å²) in [6.07, 6.45) is 0. The molecule has 1 aliphatic rings. The van der Waals surface area contributed by atoms with E-state index in [1.165, 1.54) is 0 Å². The van der Waals surface area contributed by atoms with E-state index in [4.69, 9.17) is 19.9 Å². The van der Waals surface area contributed by atoms with Crippen molar-refractivity contribution in [3.05, 3.63) is 17.7 Å². The fourth-order valence-corrected chi connectivity index (χ4v) is 2.35. The van der Waals surface area contributed by atoms with Crippen molar-refractivity contribution < 1.29 is 14.2 Å². The minimum atomic E-state index is 0.270. The Morgan fingerprint density at radius 3 is 2.72 bits per heavy atom. The number of fused-ring (bicyclic) bond motifs is 1. The number of thioether (sulfide) groups is 1. The van der Waals surface area contributed by atoms with Crippen molar-refractivity contribution >= 4 is 11.8 Å². The van der Waals surface area contributed by atoms with Gasteiger partial charge in [0.15, 0.2) is 11.5 Å². The van der Waals surface area contributed by atoms with Crippen LogP contribution in [-0.2, 0) is 6.54 Å². The molecular formula is C13H19NO3S. The van der Waals surface area contributed by atoms with Crippen molar-refractivity contribution in [2.75, 3.05) is 19.2 Å². The Bertz CT molecular complexity index is 409. The molecule has 5 heteroatoms. The molecule has 0 bridgehead atoms. The second-order valence-corrected chi connectivity index (χ2v) is 5.97. The minimum absolute atomic E-state index is 0.270. The number of hydrogen-bond acceptors (Lipinski definition) is 5. The predicted molar refractivity (Wildman–Crippen MR) is 73.5 cm³/mol. The van der Waals surface area contributed by atoms with Gasteiger partial charge in [0.1, 0.15) is 5.75 Å². The average molecular weight is 269 g/mol. The van der Waals surface area contributed by atoms with Crippen LogP contribution in [-0.4, -0.2) is 24.4 Å². The first kappa shape index (κ1) is 13.4. The number of hydrogen-bond donors (Lipinski definition) is 1. The quantitative estimate of drug-likeness (QED) is 0.804. The summed E-state index contributed by atoms with van der Waals surface area (Å²) in [6.45, 7) is 5.73. The molecule has 1 aliphatic heterocycles. The Morgan fingerprint density at radius 2 is 2.06 bits per heavy atom. The summed E-state index contributed by atoms with van der Waals surface area (Å²) in [5.41, 5.74) is 6.67. The first-order valence-corrected chi connectivity index (χ1v) is 7.12. The van der Waals surface area contributed by atoms with Crippen LogP contribution in [0.1, 0.15) is 19.4 Å². The van der Waals surface area contributed by atoms with Crippen LogP contribution < -0.4 is 19.9 Å². The highest BCUT2D eigenvalue weighted by Crippen LogP contribution is 2.38. The van der Waals surface area contributed by atoms with Gasteiger partial charge in [0.25, 0.3) is 0 Å². The molecule has 0 fully saturated rings. The molecule has 1 heterocycles. The number of rotatable bonds is 6. The number of nitrogens with two attached hydrogens (primary N) is 1. The first-order valence-electron chi connectivity index (χ1n) is 6.07. The lowest BCUT2D eigenvalue weighted by atomic mass is 10.2. The zero-order valence-electron chi connectivity index (χ0n) is 10.8. The topological polar surface area (TPSA) is 53.7 Å². The van der Waals surface area contributed by atoms with Gasteiger partial charge >= 0.3 is 0 Å². The van der Waals surface area contributed by atoms with Gasteiger partial charge in [-0.1, -0.05) is 13.8 Å². The van der Waals surface area contributed by atoms with Crippen molar-refractivity contribution in [2.45, 2.75) is 25.6 Å². The molecule has 0 aromatic heterocycles. The molecule has 1 aromatic rings. The molecule has 0 atom stereocenters. The number of benzene rings is 1. The highest BCUT2D eigenvalue weighted by Gasteiger charge is 2.17. The van der Waals surface area contributed by atoms with Crippen LogP contribution in [0.25, 0.3) is 0 Å². The van der Waals surface area contributed by atoms with E-state index >= 15 is 0 Å². The second-order valence-electron chi connectivity index (χ2n) is 4.29. The molecule has 0 spiro atoms. The zero-order chi connectivity index (χ0) is 13.0. The zero-order valence-corrected chi connectivity index (χ0v) is 11.6. The van der Waals surface area contributed by atoms with Crippen LogP contribution in [0.4, 0.5) is 0 Å². The Balaban J connectivity index is 1.98. The maximum Gasteiger partial charge on any atom is 0.231 e. The molecule has 2 rings (SSSR count). The standard InChI is InChI=1S/C13H19NO3S/c1-9(2)18-4-3-15-11-6-13-12(16-8-17-13)5-10(11)7-14/h5-6,9H,3-4,7-8,14H2,1-2H3. The third-order valence-electron chi connectivity index (χ3n) is 2.57. The van der Waals surface area contributed by atoms with Crippen LogP contribution in [0.15, 0.2) is 12.1 Å². The monoisotopic (exact) mass is 269 g/mol. The lowest BCUT2D eigenvalue weighted by molar-refractivity contribution is 0.173. The molecule has 0 aliphatic carbocycles. The lowest BCUT2D eigenvalue weighted by Gasteiger charge is -2.12. The molecule has 100 valence electrons. The Kier molecular flexibility index (Phi) is 4.60. The van der Waals surface area contributed by atoms with Gasteiger partial charge in [-0.25, -0.2) is 0 Å². The average Bonchev–Trinajstić information content (AvgIpc) is 2.80. The Labute approximate surface area is 112 Å². The molecule has 18 heavy (non-hydrogen) atoms. The van der Waals surface area contributed by atoms with Gasteiger partial charge in [-0.2, -0.15) is 11.8 Å². The predicted octanol–water partition coefficient (Wildman–Crippen LogP) is 2.39. The molecule has 0 unspecified atom stereocenters. The van der Waals surface area contributed by atoms with Crippen molar-refractivity contribution in [1.29, 1.82) is 0 Å². The molecular weight excluding hydrogens is 250 g/mol. The van der Waals surface area contributed by atoms with E-state index in [1.54, 1.807) is 0 Å². The van der Waals surface area contributed by atoms with E-state index in [1.807, 2.05) is 23.9 Å². The fraction of sp³-hybridized carbons (Fsp3) is 0.538. The van der Waals surface area contributed by atoms with Gasteiger partial charge in [0, 0.05) is 23.9 Å². The van der Waals surface area contributed by atoms with E-state index in [-0.39, 0.29) is 6.79 Å². The van der Waals surface area contributed by atoms with Crippen molar-refractivity contribution in [3.63, 3.8) is 0 Å². The molecule has 1 aromatic carbocycles. The van der Waals surface area contributed by atoms with Crippen LogP contribution >= 0.6 is 11.8 Å². The molecule has 2 N–H and O–H groups in total. The van der Waals surface area contributed by atoms with E-state index < -0.39 is 0 Å². The van der Waals surface area contributed by atoms with Crippen LogP contribution in [0, 0.1) is 0 Å². The summed E-state index contributed by atoms with van der Waals surface area (Å²) < 4.78 is 16.4. The highest BCUT2D eigenvalue weighted by atomic mass is 32.2. The summed E-state index contributed by atoms with van der Waals surface area (Å²) in [5, 5.41) is 0.624. The third kappa shape index (κ3) is 3.23. The SMILES string of the molecule is CC(C)SCCOc1cc2c(cc1CN)OCO2. The normalized spacial score (nSPS) is 13.1. The van der Waals surface area contributed by atoms with Gasteiger partial charge in [-0.3, -0.25) is 0 Å². The third-order valence-corrected chi connectivity index (χ3v) is 3.64. The van der Waals surface area contributed by atoms with Gasteiger partial charge in [0.05, 0.1) is 6.61 Å².